The van der Waals surface area contributed by atoms with Crippen LogP contribution in [0.1, 0.15) is 23.2 Å². The zero-order chi connectivity index (χ0) is 22.6. The molecule has 1 aromatic heterocycles. The molecule has 0 fully saturated rings. The van der Waals surface area contributed by atoms with Crippen LogP contribution in [-0.2, 0) is 30.4 Å². The van der Waals surface area contributed by atoms with E-state index in [4.69, 9.17) is 9.47 Å². The molecule has 0 radical (unpaired) electrons. The molecule has 1 amide bonds. The van der Waals surface area contributed by atoms with Gasteiger partial charge in [-0.3, -0.25) is 9.48 Å². The average Bonchev–Trinajstić information content (AvgIpc) is 3.24. The molecular formula is C23H22F3N3O3. The van der Waals surface area contributed by atoms with Crippen molar-refractivity contribution >= 4 is 11.6 Å². The van der Waals surface area contributed by atoms with E-state index in [-0.39, 0.29) is 25.5 Å². The minimum Gasteiger partial charge on any atom is -0.493 e. The third-order valence-corrected chi connectivity index (χ3v) is 5.01. The largest absolute Gasteiger partial charge is 0.493 e. The number of benzene rings is 2. The molecule has 6 nitrogen and oxygen atoms in total. The number of halogens is 3. The number of para-hydroxylation sites is 2. The van der Waals surface area contributed by atoms with E-state index in [1.807, 2.05) is 18.2 Å². The first-order valence-corrected chi connectivity index (χ1v) is 10.3. The van der Waals surface area contributed by atoms with E-state index in [9.17, 15) is 18.0 Å². The average molecular weight is 445 g/mol. The minimum absolute atomic E-state index is 0.0939. The normalized spacial score (nSPS) is 13.2. The molecule has 0 unspecified atom stereocenters. The maximum Gasteiger partial charge on any atom is 0.435 e. The van der Waals surface area contributed by atoms with Gasteiger partial charge in [-0.2, -0.15) is 18.3 Å². The highest BCUT2D eigenvalue weighted by molar-refractivity contribution is 5.93. The predicted octanol–water partition coefficient (Wildman–Crippen LogP) is 4.49. The highest BCUT2D eigenvalue weighted by Gasteiger charge is 2.33. The molecule has 168 valence electrons. The number of anilines is 1. The maximum absolute atomic E-state index is 12.6. The molecular weight excluding hydrogens is 423 g/mol. The lowest BCUT2D eigenvalue weighted by atomic mass is 10.0. The molecule has 2 heterocycles. The van der Waals surface area contributed by atoms with Gasteiger partial charge in [0.2, 0.25) is 5.91 Å². The number of rotatable bonds is 7. The van der Waals surface area contributed by atoms with Crippen LogP contribution in [0.2, 0.25) is 0 Å². The van der Waals surface area contributed by atoms with E-state index in [1.165, 1.54) is 10.9 Å². The minimum atomic E-state index is -4.48. The Morgan fingerprint density at radius 2 is 2.03 bits per heavy atom. The molecule has 0 spiro atoms. The SMILES string of the molecule is O=C(Cc1ccc2c(c1)CCCO2)Nc1ccccc1OCCn1ccc(C(F)(F)F)n1. The summed E-state index contributed by atoms with van der Waals surface area (Å²) in [4.78, 5) is 12.6. The molecule has 4 rings (SSSR count). The van der Waals surface area contributed by atoms with Gasteiger partial charge in [-0.15, -0.1) is 0 Å². The molecule has 9 heteroatoms. The number of carbonyl (C=O) groups excluding carboxylic acids is 1. The number of aryl methyl sites for hydroxylation is 1. The van der Waals surface area contributed by atoms with Crippen LogP contribution in [-0.4, -0.2) is 28.9 Å². The first-order chi connectivity index (χ1) is 15.4. The van der Waals surface area contributed by atoms with Gasteiger partial charge < -0.3 is 14.8 Å². The van der Waals surface area contributed by atoms with Gasteiger partial charge in [0, 0.05) is 6.20 Å². The summed E-state index contributed by atoms with van der Waals surface area (Å²) >= 11 is 0. The zero-order valence-corrected chi connectivity index (χ0v) is 17.2. The van der Waals surface area contributed by atoms with Crippen molar-refractivity contribution in [3.8, 4) is 11.5 Å². The first-order valence-electron chi connectivity index (χ1n) is 10.3. The van der Waals surface area contributed by atoms with Crippen molar-refractivity contribution in [3.05, 3.63) is 71.5 Å². The number of nitrogens with one attached hydrogen (secondary N) is 1. The maximum atomic E-state index is 12.6. The number of hydrogen-bond acceptors (Lipinski definition) is 4. The van der Waals surface area contributed by atoms with Crippen LogP contribution in [0, 0.1) is 0 Å². The summed E-state index contributed by atoms with van der Waals surface area (Å²) in [6, 6.07) is 13.6. The zero-order valence-electron chi connectivity index (χ0n) is 17.2. The Hall–Kier alpha value is -3.49. The molecule has 0 saturated heterocycles. The van der Waals surface area contributed by atoms with E-state index in [1.54, 1.807) is 24.3 Å². The van der Waals surface area contributed by atoms with Gasteiger partial charge in [-0.25, -0.2) is 0 Å². The lowest BCUT2D eigenvalue weighted by molar-refractivity contribution is -0.141. The fourth-order valence-corrected chi connectivity index (χ4v) is 3.49. The lowest BCUT2D eigenvalue weighted by Gasteiger charge is -2.18. The van der Waals surface area contributed by atoms with Crippen molar-refractivity contribution < 1.29 is 27.4 Å². The summed E-state index contributed by atoms with van der Waals surface area (Å²) in [6.07, 6.45) is -1.13. The molecule has 1 aliphatic rings. The van der Waals surface area contributed by atoms with Gasteiger partial charge in [-0.05, 0) is 48.2 Å². The highest BCUT2D eigenvalue weighted by Crippen LogP contribution is 2.28. The fourth-order valence-electron chi connectivity index (χ4n) is 3.49. The Morgan fingerprint density at radius 3 is 2.84 bits per heavy atom. The summed E-state index contributed by atoms with van der Waals surface area (Å²) in [5, 5.41) is 6.34. The van der Waals surface area contributed by atoms with Crippen LogP contribution in [0.5, 0.6) is 11.5 Å². The van der Waals surface area contributed by atoms with Crippen LogP contribution in [0.15, 0.2) is 54.7 Å². The molecule has 2 aromatic carbocycles. The second-order valence-corrected chi connectivity index (χ2v) is 7.43. The fraction of sp³-hybridized carbons (Fsp3) is 0.304. The molecule has 3 aromatic rings. The topological polar surface area (TPSA) is 65.4 Å². The summed E-state index contributed by atoms with van der Waals surface area (Å²) in [6.45, 7) is 0.944. The molecule has 0 bridgehead atoms. The lowest BCUT2D eigenvalue weighted by Crippen LogP contribution is -2.17. The van der Waals surface area contributed by atoms with Crippen molar-refractivity contribution in [3.63, 3.8) is 0 Å². The van der Waals surface area contributed by atoms with Crippen molar-refractivity contribution in [2.45, 2.75) is 32.0 Å². The van der Waals surface area contributed by atoms with Gasteiger partial charge in [0.25, 0.3) is 0 Å². The summed E-state index contributed by atoms with van der Waals surface area (Å²) < 4.78 is 50.4. The predicted molar refractivity (Wildman–Crippen MR) is 112 cm³/mol. The van der Waals surface area contributed by atoms with Gasteiger partial charge in [0.1, 0.15) is 18.1 Å². The number of aromatic nitrogens is 2. The molecule has 32 heavy (non-hydrogen) atoms. The van der Waals surface area contributed by atoms with Crippen molar-refractivity contribution in [2.24, 2.45) is 0 Å². The van der Waals surface area contributed by atoms with E-state index < -0.39 is 11.9 Å². The number of fused-ring (bicyclic) bond motifs is 1. The number of ether oxygens (including phenoxy) is 2. The Morgan fingerprint density at radius 1 is 1.19 bits per heavy atom. The monoisotopic (exact) mass is 445 g/mol. The number of carbonyl (C=O) groups is 1. The van der Waals surface area contributed by atoms with Gasteiger partial charge in [0.05, 0.1) is 25.3 Å². The van der Waals surface area contributed by atoms with Crippen molar-refractivity contribution in [1.29, 1.82) is 0 Å². The number of amides is 1. The summed E-state index contributed by atoms with van der Waals surface area (Å²) in [7, 11) is 0. The molecule has 1 aliphatic heterocycles. The van der Waals surface area contributed by atoms with E-state index in [2.05, 4.69) is 10.4 Å². The standard InChI is InChI=1S/C23H22F3N3O3/c24-23(25,26)21-9-10-29(28-21)11-13-32-20-6-2-1-5-18(20)27-22(30)15-16-7-8-19-17(14-16)4-3-12-31-19/h1-2,5-10,14H,3-4,11-13,15H2,(H,27,30). The Balaban J connectivity index is 1.34. The van der Waals surface area contributed by atoms with Crippen LogP contribution in [0.4, 0.5) is 18.9 Å². The third kappa shape index (κ3) is 5.40. The quantitative estimate of drug-likeness (QED) is 0.582. The highest BCUT2D eigenvalue weighted by atomic mass is 19.4. The molecule has 0 aliphatic carbocycles. The Kier molecular flexibility index (Phi) is 6.34. The first kappa shape index (κ1) is 21.7. The van der Waals surface area contributed by atoms with E-state index >= 15 is 0 Å². The van der Waals surface area contributed by atoms with Crippen LogP contribution < -0.4 is 14.8 Å². The third-order valence-electron chi connectivity index (χ3n) is 5.01. The number of hydrogen-bond donors (Lipinski definition) is 1. The van der Waals surface area contributed by atoms with Crippen molar-refractivity contribution in [2.75, 3.05) is 18.5 Å². The molecule has 0 atom stereocenters. The van der Waals surface area contributed by atoms with Gasteiger partial charge in [-0.1, -0.05) is 24.3 Å². The Labute approximate surface area is 183 Å². The van der Waals surface area contributed by atoms with E-state index in [0.29, 0.717) is 18.0 Å². The van der Waals surface area contributed by atoms with Crippen LogP contribution in [0.25, 0.3) is 0 Å². The van der Waals surface area contributed by atoms with Gasteiger partial charge >= 0.3 is 6.18 Å². The van der Waals surface area contributed by atoms with Crippen LogP contribution >= 0.6 is 0 Å². The van der Waals surface area contributed by atoms with E-state index in [0.717, 1.165) is 35.8 Å². The number of alkyl halides is 3. The second-order valence-electron chi connectivity index (χ2n) is 7.43. The van der Waals surface area contributed by atoms with Crippen molar-refractivity contribution in [1.82, 2.24) is 9.78 Å². The molecule has 1 N–H and O–H groups in total. The Bertz CT molecular complexity index is 1100. The van der Waals surface area contributed by atoms with Gasteiger partial charge in [0.15, 0.2) is 5.69 Å². The second kappa shape index (κ2) is 9.33. The summed E-state index contributed by atoms with van der Waals surface area (Å²) in [5.74, 6) is 1.11. The smallest absolute Gasteiger partial charge is 0.435 e. The number of nitrogens with zero attached hydrogens (tertiary/aromatic N) is 2. The molecule has 0 saturated carbocycles. The summed E-state index contributed by atoms with van der Waals surface area (Å²) in [5.41, 5.74) is 1.55. The van der Waals surface area contributed by atoms with Crippen LogP contribution in [0.3, 0.4) is 0 Å².